The van der Waals surface area contributed by atoms with Crippen LogP contribution in [0, 0.1) is 17.3 Å². The number of fused-ring (bicyclic) bond motifs is 5. The zero-order valence-electron chi connectivity index (χ0n) is 17.3. The van der Waals surface area contributed by atoms with Crippen LogP contribution in [-0.2, 0) is 6.42 Å². The fraction of sp³-hybridized carbons (Fsp3) is 0.760. The van der Waals surface area contributed by atoms with Crippen LogP contribution in [-0.4, -0.2) is 15.8 Å². The number of hydrogen-bond donors (Lipinski definition) is 2. The average Bonchev–Trinajstić information content (AvgIpc) is 2.92. The van der Waals surface area contributed by atoms with E-state index in [0.717, 1.165) is 31.6 Å². The highest BCUT2D eigenvalue weighted by Gasteiger charge is 2.60. The Morgan fingerprint density at radius 3 is 2.67 bits per heavy atom. The van der Waals surface area contributed by atoms with Crippen molar-refractivity contribution in [3.8, 4) is 5.75 Å². The molecular weight excluding hydrogens is 332 g/mol. The summed E-state index contributed by atoms with van der Waals surface area (Å²) in [6.07, 6.45) is 14.3. The van der Waals surface area contributed by atoms with Crippen LogP contribution >= 0.6 is 0 Å². The van der Waals surface area contributed by atoms with Crippen LogP contribution in [0.15, 0.2) is 18.2 Å². The minimum Gasteiger partial charge on any atom is -0.508 e. The van der Waals surface area contributed by atoms with Gasteiger partial charge in [0.25, 0.3) is 0 Å². The summed E-state index contributed by atoms with van der Waals surface area (Å²) in [5, 5.41) is 21.5. The van der Waals surface area contributed by atoms with Crippen LogP contribution in [0.1, 0.15) is 102 Å². The van der Waals surface area contributed by atoms with Crippen molar-refractivity contribution in [2.45, 2.75) is 102 Å². The number of phenolic OH excluding ortho intramolecular Hbond substituents is 1. The van der Waals surface area contributed by atoms with Crippen molar-refractivity contribution in [2.24, 2.45) is 17.3 Å². The van der Waals surface area contributed by atoms with E-state index in [1.54, 1.807) is 0 Å². The van der Waals surface area contributed by atoms with Gasteiger partial charge in [0, 0.05) is 0 Å². The molecule has 2 heteroatoms. The van der Waals surface area contributed by atoms with Gasteiger partial charge in [-0.2, -0.15) is 0 Å². The Bertz CT molecular complexity index is 668. The van der Waals surface area contributed by atoms with Crippen LogP contribution in [0.5, 0.6) is 5.75 Å². The van der Waals surface area contributed by atoms with Gasteiger partial charge in [0.15, 0.2) is 0 Å². The predicted octanol–water partition coefficient (Wildman–Crippen LogP) is 6.34. The minimum atomic E-state index is -0.440. The second kappa shape index (κ2) is 7.43. The molecule has 1 aromatic rings. The summed E-state index contributed by atoms with van der Waals surface area (Å²) in [5.74, 6) is 2.43. The van der Waals surface area contributed by atoms with Crippen molar-refractivity contribution in [1.29, 1.82) is 0 Å². The number of rotatable bonds is 6. The number of benzene rings is 1. The van der Waals surface area contributed by atoms with Crippen LogP contribution in [0.3, 0.4) is 0 Å². The highest BCUT2D eigenvalue weighted by Crippen LogP contribution is 2.65. The molecular formula is C25H38O2. The fourth-order valence-electron chi connectivity index (χ4n) is 7.11. The molecule has 0 saturated heterocycles. The Labute approximate surface area is 165 Å². The summed E-state index contributed by atoms with van der Waals surface area (Å²) in [4.78, 5) is 0. The number of hydrogen-bond acceptors (Lipinski definition) is 2. The number of phenols is 1. The molecule has 2 fully saturated rings. The number of unbranched alkanes of at least 4 members (excludes halogenated alkanes) is 4. The maximum atomic E-state index is 11.7. The van der Waals surface area contributed by atoms with Gasteiger partial charge in [0.05, 0.1) is 5.60 Å². The molecule has 5 atom stereocenters. The lowest BCUT2D eigenvalue weighted by Crippen LogP contribution is -2.50. The quantitative estimate of drug-likeness (QED) is 0.574. The first-order valence-corrected chi connectivity index (χ1v) is 11.5. The molecule has 1 aromatic carbocycles. The van der Waals surface area contributed by atoms with Crippen molar-refractivity contribution >= 4 is 0 Å². The second-order valence-corrected chi connectivity index (χ2v) is 9.99. The van der Waals surface area contributed by atoms with Crippen molar-refractivity contribution in [2.75, 3.05) is 0 Å². The molecule has 150 valence electrons. The second-order valence-electron chi connectivity index (χ2n) is 9.99. The van der Waals surface area contributed by atoms with E-state index >= 15 is 0 Å². The Morgan fingerprint density at radius 2 is 1.85 bits per heavy atom. The van der Waals surface area contributed by atoms with E-state index in [-0.39, 0.29) is 5.41 Å². The molecule has 0 radical (unpaired) electrons. The molecule has 3 aliphatic carbocycles. The van der Waals surface area contributed by atoms with Crippen LogP contribution in [0.2, 0.25) is 0 Å². The maximum Gasteiger partial charge on any atom is 0.115 e. The average molecular weight is 371 g/mol. The topological polar surface area (TPSA) is 40.5 Å². The van der Waals surface area contributed by atoms with E-state index in [0.29, 0.717) is 17.6 Å². The van der Waals surface area contributed by atoms with Crippen molar-refractivity contribution in [1.82, 2.24) is 0 Å². The van der Waals surface area contributed by atoms with Gasteiger partial charge in [-0.1, -0.05) is 52.0 Å². The van der Waals surface area contributed by atoms with Gasteiger partial charge in [-0.05, 0) is 91.4 Å². The Morgan fingerprint density at radius 1 is 1.04 bits per heavy atom. The van der Waals surface area contributed by atoms with E-state index in [4.69, 9.17) is 0 Å². The molecule has 0 bridgehead atoms. The number of aryl methyl sites for hydroxylation is 1. The van der Waals surface area contributed by atoms with Crippen LogP contribution in [0.4, 0.5) is 0 Å². The van der Waals surface area contributed by atoms with Gasteiger partial charge >= 0.3 is 0 Å². The van der Waals surface area contributed by atoms with Gasteiger partial charge in [0.1, 0.15) is 5.75 Å². The molecule has 2 N–H and O–H groups in total. The lowest BCUT2D eigenvalue weighted by atomic mass is 9.53. The van der Waals surface area contributed by atoms with Crippen molar-refractivity contribution in [3.63, 3.8) is 0 Å². The molecule has 2 nitrogen and oxygen atoms in total. The summed E-state index contributed by atoms with van der Waals surface area (Å²) in [6.45, 7) is 4.68. The van der Waals surface area contributed by atoms with Gasteiger partial charge in [0.2, 0.25) is 0 Å². The summed E-state index contributed by atoms with van der Waals surface area (Å²) < 4.78 is 0. The van der Waals surface area contributed by atoms with Gasteiger partial charge in [-0.3, -0.25) is 0 Å². The molecule has 0 aromatic heterocycles. The molecule has 0 spiro atoms. The summed E-state index contributed by atoms with van der Waals surface area (Å²) in [7, 11) is 0. The Kier molecular flexibility index (Phi) is 5.31. The van der Waals surface area contributed by atoms with E-state index < -0.39 is 5.60 Å². The highest BCUT2D eigenvalue weighted by molar-refractivity contribution is 5.40. The number of aromatic hydroxyl groups is 1. The highest BCUT2D eigenvalue weighted by atomic mass is 16.3. The van der Waals surface area contributed by atoms with Gasteiger partial charge in [-0.15, -0.1) is 0 Å². The summed E-state index contributed by atoms with van der Waals surface area (Å²) in [6, 6.07) is 6.04. The normalized spacial score (nSPS) is 37.5. The van der Waals surface area contributed by atoms with E-state index in [2.05, 4.69) is 19.9 Å². The first-order valence-electron chi connectivity index (χ1n) is 11.5. The molecule has 4 rings (SSSR count). The largest absolute Gasteiger partial charge is 0.508 e. The molecule has 27 heavy (non-hydrogen) atoms. The van der Waals surface area contributed by atoms with Crippen LogP contribution in [0.25, 0.3) is 0 Å². The Hall–Kier alpha value is -1.02. The monoisotopic (exact) mass is 370 g/mol. The number of aliphatic hydroxyl groups is 1. The van der Waals surface area contributed by atoms with Crippen LogP contribution < -0.4 is 0 Å². The SMILES string of the molecule is CCCCCCC[C@]1(O)CC[C@H]2[C@@H]3CCc4cc(O)ccc4[C@H]3CC[C@@]21C. The molecule has 0 heterocycles. The third-order valence-electron chi connectivity index (χ3n) is 8.73. The third-order valence-corrected chi connectivity index (χ3v) is 8.73. The third kappa shape index (κ3) is 3.22. The summed E-state index contributed by atoms with van der Waals surface area (Å²) >= 11 is 0. The Balaban J connectivity index is 1.49. The smallest absolute Gasteiger partial charge is 0.115 e. The summed E-state index contributed by atoms with van der Waals surface area (Å²) in [5.41, 5.74) is 2.52. The standard InChI is InChI=1S/C25H38O2/c1-3-4-5-6-7-14-25(27)16-13-23-22-10-8-18-17-19(26)9-11-20(18)21(22)12-15-24(23,25)2/h9,11,17,21-23,26-27H,3-8,10,12-16H2,1-2H3/t21-,22-,23+,24+,25+/m1/s1. The maximum absolute atomic E-state index is 11.7. The van der Waals surface area contributed by atoms with E-state index in [9.17, 15) is 10.2 Å². The lowest BCUT2D eigenvalue weighted by Gasteiger charge is -2.53. The van der Waals surface area contributed by atoms with Gasteiger partial charge < -0.3 is 10.2 Å². The van der Waals surface area contributed by atoms with E-state index in [1.807, 2.05) is 12.1 Å². The van der Waals surface area contributed by atoms with E-state index in [1.165, 1.54) is 62.5 Å². The molecule has 2 saturated carbocycles. The zero-order chi connectivity index (χ0) is 19.1. The minimum absolute atomic E-state index is 0.105. The first kappa shape index (κ1) is 19.3. The molecule has 0 unspecified atom stereocenters. The lowest BCUT2D eigenvalue weighted by molar-refractivity contribution is -0.108. The molecule has 0 aliphatic heterocycles. The molecule has 3 aliphatic rings. The van der Waals surface area contributed by atoms with Crippen molar-refractivity contribution < 1.29 is 10.2 Å². The van der Waals surface area contributed by atoms with Gasteiger partial charge in [-0.25, -0.2) is 0 Å². The first-order chi connectivity index (χ1) is 13.0. The zero-order valence-corrected chi connectivity index (χ0v) is 17.3. The molecule has 0 amide bonds. The fourth-order valence-corrected chi connectivity index (χ4v) is 7.11. The van der Waals surface area contributed by atoms with Crippen molar-refractivity contribution in [3.05, 3.63) is 29.3 Å². The predicted molar refractivity (Wildman–Crippen MR) is 111 cm³/mol.